The fraction of sp³-hybridized carbons (Fsp3) is 0.625. The summed E-state index contributed by atoms with van der Waals surface area (Å²) in [7, 11) is 1.67. The molecule has 0 radical (unpaired) electrons. The molecule has 4 heteroatoms. The van der Waals surface area contributed by atoms with Crippen molar-refractivity contribution in [3.8, 4) is 0 Å². The molecule has 2 N–H and O–H groups in total. The van der Waals surface area contributed by atoms with E-state index in [1.807, 2.05) is 12.3 Å². The molecular formula is C8H14N2OS. The van der Waals surface area contributed by atoms with Crippen molar-refractivity contribution < 1.29 is 4.74 Å². The Bertz CT molecular complexity index is 235. The molecule has 12 heavy (non-hydrogen) atoms. The molecule has 0 aliphatic carbocycles. The van der Waals surface area contributed by atoms with Crippen molar-refractivity contribution in [3.05, 3.63) is 16.1 Å². The highest BCUT2D eigenvalue weighted by molar-refractivity contribution is 7.09. The van der Waals surface area contributed by atoms with Crippen LogP contribution in [0, 0.1) is 0 Å². The highest BCUT2D eigenvalue weighted by Gasteiger charge is 2.03. The minimum Gasteiger partial charge on any atom is -0.378 e. The maximum atomic E-state index is 5.64. The van der Waals surface area contributed by atoms with Crippen molar-refractivity contribution >= 4 is 11.3 Å². The summed E-state index contributed by atoms with van der Waals surface area (Å²) < 4.78 is 4.96. The number of ether oxygens (including phenoxy) is 1. The van der Waals surface area contributed by atoms with Crippen LogP contribution in [0.25, 0.3) is 0 Å². The van der Waals surface area contributed by atoms with Crippen LogP contribution >= 0.6 is 11.3 Å². The van der Waals surface area contributed by atoms with E-state index in [-0.39, 0.29) is 6.04 Å². The zero-order valence-electron chi connectivity index (χ0n) is 7.41. The lowest BCUT2D eigenvalue weighted by molar-refractivity contribution is 0.182. The zero-order chi connectivity index (χ0) is 8.97. The summed E-state index contributed by atoms with van der Waals surface area (Å²) in [6.45, 7) is 2.58. The van der Waals surface area contributed by atoms with Gasteiger partial charge < -0.3 is 10.5 Å². The monoisotopic (exact) mass is 186 g/mol. The van der Waals surface area contributed by atoms with E-state index in [1.54, 1.807) is 18.4 Å². The summed E-state index contributed by atoms with van der Waals surface area (Å²) in [6.07, 6.45) is 0.856. The number of hydrogen-bond donors (Lipinski definition) is 1. The molecule has 68 valence electrons. The lowest BCUT2D eigenvalue weighted by Gasteiger charge is -1.99. The van der Waals surface area contributed by atoms with Crippen LogP contribution < -0.4 is 5.73 Å². The van der Waals surface area contributed by atoms with E-state index in [4.69, 9.17) is 10.5 Å². The predicted molar refractivity (Wildman–Crippen MR) is 50.2 cm³/mol. The molecule has 1 unspecified atom stereocenters. The van der Waals surface area contributed by atoms with E-state index >= 15 is 0 Å². The lowest BCUT2D eigenvalue weighted by Crippen LogP contribution is -2.17. The number of thiazole rings is 1. The van der Waals surface area contributed by atoms with Gasteiger partial charge in [-0.05, 0) is 6.92 Å². The van der Waals surface area contributed by atoms with Gasteiger partial charge in [0.25, 0.3) is 0 Å². The highest BCUT2D eigenvalue weighted by Crippen LogP contribution is 2.11. The summed E-state index contributed by atoms with van der Waals surface area (Å²) >= 11 is 1.65. The molecule has 0 aromatic carbocycles. The van der Waals surface area contributed by atoms with Crippen molar-refractivity contribution in [1.82, 2.24) is 4.98 Å². The highest BCUT2D eigenvalue weighted by atomic mass is 32.1. The van der Waals surface area contributed by atoms with Crippen LogP contribution in [-0.2, 0) is 17.8 Å². The van der Waals surface area contributed by atoms with Crippen LogP contribution in [-0.4, -0.2) is 18.1 Å². The van der Waals surface area contributed by atoms with E-state index in [9.17, 15) is 0 Å². The zero-order valence-corrected chi connectivity index (χ0v) is 8.23. The van der Waals surface area contributed by atoms with Gasteiger partial charge in [0, 0.05) is 25.0 Å². The second kappa shape index (κ2) is 4.54. The van der Waals surface area contributed by atoms with Gasteiger partial charge in [-0.1, -0.05) is 0 Å². The van der Waals surface area contributed by atoms with E-state index in [2.05, 4.69) is 4.98 Å². The summed E-state index contributed by atoms with van der Waals surface area (Å²) in [6, 6.07) is 0.187. The van der Waals surface area contributed by atoms with Crippen molar-refractivity contribution in [1.29, 1.82) is 0 Å². The standard InChI is InChI=1S/C8H14N2OS/c1-6(9)3-8-10-7(4-11-2)5-12-8/h5-6H,3-4,9H2,1-2H3. The molecule has 1 aromatic rings. The molecule has 1 aromatic heterocycles. The molecule has 0 fully saturated rings. The second-order valence-electron chi connectivity index (χ2n) is 2.85. The Morgan fingerprint density at radius 1 is 1.75 bits per heavy atom. The number of aromatic nitrogens is 1. The SMILES string of the molecule is COCc1csc(CC(C)N)n1. The molecule has 1 atom stereocenters. The first-order valence-corrected chi connectivity index (χ1v) is 4.78. The Kier molecular flexibility index (Phi) is 3.65. The van der Waals surface area contributed by atoms with Gasteiger partial charge in [-0.15, -0.1) is 11.3 Å². The predicted octanol–water partition coefficient (Wildman–Crippen LogP) is 1.18. The number of nitrogens with zero attached hydrogens (tertiary/aromatic N) is 1. The van der Waals surface area contributed by atoms with Crippen LogP contribution in [0.3, 0.4) is 0 Å². The Morgan fingerprint density at radius 2 is 2.50 bits per heavy atom. The molecule has 0 saturated carbocycles. The smallest absolute Gasteiger partial charge is 0.0944 e. The first-order chi connectivity index (χ1) is 5.72. The largest absolute Gasteiger partial charge is 0.378 e. The molecular weight excluding hydrogens is 172 g/mol. The minimum atomic E-state index is 0.187. The van der Waals surface area contributed by atoms with Crippen LogP contribution in [0.15, 0.2) is 5.38 Å². The average Bonchev–Trinajstić information content (AvgIpc) is 2.36. The van der Waals surface area contributed by atoms with Crippen molar-refractivity contribution in [2.75, 3.05) is 7.11 Å². The molecule has 0 aliphatic rings. The third kappa shape index (κ3) is 2.89. The molecule has 0 spiro atoms. The third-order valence-corrected chi connectivity index (χ3v) is 2.31. The molecule has 1 heterocycles. The number of rotatable bonds is 4. The molecule has 1 rings (SSSR count). The van der Waals surface area contributed by atoms with Gasteiger partial charge in [0.15, 0.2) is 0 Å². The minimum absolute atomic E-state index is 0.187. The maximum Gasteiger partial charge on any atom is 0.0944 e. The Balaban J connectivity index is 2.52. The summed E-state index contributed by atoms with van der Waals surface area (Å²) in [5.41, 5.74) is 6.64. The topological polar surface area (TPSA) is 48.1 Å². The van der Waals surface area contributed by atoms with E-state index < -0.39 is 0 Å². The van der Waals surface area contributed by atoms with Crippen molar-refractivity contribution in [2.24, 2.45) is 5.73 Å². The van der Waals surface area contributed by atoms with Crippen LogP contribution in [0.1, 0.15) is 17.6 Å². The lowest BCUT2D eigenvalue weighted by atomic mass is 10.3. The van der Waals surface area contributed by atoms with Crippen LogP contribution in [0.4, 0.5) is 0 Å². The van der Waals surface area contributed by atoms with Gasteiger partial charge in [-0.3, -0.25) is 0 Å². The first kappa shape index (κ1) is 9.64. The molecule has 0 amide bonds. The summed E-state index contributed by atoms with van der Waals surface area (Å²) in [5, 5.41) is 3.11. The molecule has 0 saturated heterocycles. The van der Waals surface area contributed by atoms with E-state index in [0.29, 0.717) is 6.61 Å². The summed E-state index contributed by atoms with van der Waals surface area (Å²) in [5.74, 6) is 0. The van der Waals surface area contributed by atoms with Gasteiger partial charge in [0.1, 0.15) is 0 Å². The number of methoxy groups -OCH3 is 1. The molecule has 0 aliphatic heterocycles. The molecule has 3 nitrogen and oxygen atoms in total. The Morgan fingerprint density at radius 3 is 3.08 bits per heavy atom. The van der Waals surface area contributed by atoms with Gasteiger partial charge >= 0.3 is 0 Å². The average molecular weight is 186 g/mol. The van der Waals surface area contributed by atoms with Gasteiger partial charge in [0.05, 0.1) is 17.3 Å². The van der Waals surface area contributed by atoms with Crippen LogP contribution in [0.5, 0.6) is 0 Å². The van der Waals surface area contributed by atoms with Gasteiger partial charge in [-0.2, -0.15) is 0 Å². The number of hydrogen-bond acceptors (Lipinski definition) is 4. The third-order valence-electron chi connectivity index (χ3n) is 1.39. The summed E-state index contributed by atoms with van der Waals surface area (Å²) in [4.78, 5) is 4.35. The number of nitrogens with two attached hydrogens (primary N) is 1. The first-order valence-electron chi connectivity index (χ1n) is 3.90. The van der Waals surface area contributed by atoms with Gasteiger partial charge in [0.2, 0.25) is 0 Å². The van der Waals surface area contributed by atoms with Crippen molar-refractivity contribution in [3.63, 3.8) is 0 Å². The Hall–Kier alpha value is -0.450. The second-order valence-corrected chi connectivity index (χ2v) is 3.79. The van der Waals surface area contributed by atoms with Crippen molar-refractivity contribution in [2.45, 2.75) is 26.0 Å². The fourth-order valence-electron chi connectivity index (χ4n) is 0.932. The fourth-order valence-corrected chi connectivity index (χ4v) is 1.85. The van der Waals surface area contributed by atoms with Gasteiger partial charge in [-0.25, -0.2) is 4.98 Å². The van der Waals surface area contributed by atoms with E-state index in [1.165, 1.54) is 0 Å². The maximum absolute atomic E-state index is 5.64. The van der Waals surface area contributed by atoms with Crippen LogP contribution in [0.2, 0.25) is 0 Å². The van der Waals surface area contributed by atoms with E-state index in [0.717, 1.165) is 17.1 Å². The molecule has 0 bridgehead atoms. The normalized spacial score (nSPS) is 13.2. The Labute approximate surface area is 76.6 Å². The quantitative estimate of drug-likeness (QED) is 0.768.